The largest absolute Gasteiger partial charge is 0.336 e. The number of H-pyrrole nitrogens is 1. The van der Waals surface area contributed by atoms with E-state index in [0.717, 1.165) is 37.9 Å². The van der Waals surface area contributed by atoms with Crippen LogP contribution >= 0.6 is 15.9 Å². The topological polar surface area (TPSA) is 69.3 Å². The van der Waals surface area contributed by atoms with Crippen molar-refractivity contribution in [2.24, 2.45) is 0 Å². The second-order valence-electron chi connectivity index (χ2n) is 4.48. The number of carbonyl (C=O) groups is 1. The minimum Gasteiger partial charge on any atom is -0.336 e. The Balaban J connectivity index is 1.99. The molecule has 6 nitrogen and oxygen atoms in total. The van der Waals surface area contributed by atoms with Crippen LogP contribution in [-0.2, 0) is 0 Å². The Morgan fingerprint density at radius 1 is 1.32 bits per heavy atom. The molecule has 104 valence electrons. The molecule has 0 aromatic carbocycles. The Morgan fingerprint density at radius 3 is 2.84 bits per heavy atom. The number of aromatic nitrogens is 2. The van der Waals surface area contributed by atoms with Gasteiger partial charge in [0.2, 0.25) is 0 Å². The van der Waals surface area contributed by atoms with E-state index in [4.69, 9.17) is 0 Å². The molecule has 0 atom stereocenters. The summed E-state index contributed by atoms with van der Waals surface area (Å²) in [5, 5.41) is 7.03. The van der Waals surface area contributed by atoms with Gasteiger partial charge in [0.05, 0.1) is 0 Å². The molecule has 0 radical (unpaired) electrons. The standard InChI is InChI=1S/C12H17BrN4O2/c13-4-7-16-5-1-6-17(9-8-16)12(19)10-2-3-11(18)15-14-10/h2-3H,1,4-9H2,(H,15,18). The third kappa shape index (κ3) is 3.87. The van der Waals surface area contributed by atoms with Gasteiger partial charge in [-0.05, 0) is 19.0 Å². The van der Waals surface area contributed by atoms with Crippen molar-refractivity contribution in [3.63, 3.8) is 0 Å². The average molecular weight is 329 g/mol. The average Bonchev–Trinajstić information content (AvgIpc) is 2.65. The van der Waals surface area contributed by atoms with Crippen molar-refractivity contribution >= 4 is 21.8 Å². The maximum absolute atomic E-state index is 12.2. The molecule has 1 aromatic rings. The van der Waals surface area contributed by atoms with Crippen molar-refractivity contribution < 1.29 is 4.79 Å². The SMILES string of the molecule is O=C(c1ccc(=O)[nH]n1)N1CCCN(CCBr)CC1. The highest BCUT2D eigenvalue weighted by Gasteiger charge is 2.20. The predicted molar refractivity (Wildman–Crippen MR) is 75.6 cm³/mol. The number of alkyl halides is 1. The van der Waals surface area contributed by atoms with Crippen LogP contribution in [0.3, 0.4) is 0 Å². The third-order valence-corrected chi connectivity index (χ3v) is 3.53. The molecule has 0 spiro atoms. The molecule has 1 amide bonds. The molecule has 0 unspecified atom stereocenters. The van der Waals surface area contributed by atoms with Gasteiger partial charge in [-0.2, -0.15) is 5.10 Å². The number of nitrogens with one attached hydrogen (secondary N) is 1. The van der Waals surface area contributed by atoms with Gasteiger partial charge in [-0.15, -0.1) is 0 Å². The molecular weight excluding hydrogens is 312 g/mol. The molecule has 2 heterocycles. The van der Waals surface area contributed by atoms with Crippen LogP contribution in [0.5, 0.6) is 0 Å². The number of hydrogen-bond acceptors (Lipinski definition) is 4. The smallest absolute Gasteiger partial charge is 0.274 e. The second-order valence-corrected chi connectivity index (χ2v) is 5.28. The number of rotatable bonds is 3. The van der Waals surface area contributed by atoms with Gasteiger partial charge in [0.25, 0.3) is 11.5 Å². The van der Waals surface area contributed by atoms with Crippen molar-refractivity contribution in [2.45, 2.75) is 6.42 Å². The Morgan fingerprint density at radius 2 is 2.16 bits per heavy atom. The van der Waals surface area contributed by atoms with Crippen molar-refractivity contribution in [1.29, 1.82) is 0 Å². The summed E-state index contributed by atoms with van der Waals surface area (Å²) in [6, 6.07) is 2.80. The van der Waals surface area contributed by atoms with Crippen LogP contribution in [0, 0.1) is 0 Å². The van der Waals surface area contributed by atoms with E-state index in [-0.39, 0.29) is 11.5 Å². The lowest BCUT2D eigenvalue weighted by molar-refractivity contribution is 0.0754. The second kappa shape index (κ2) is 6.81. The highest BCUT2D eigenvalue weighted by atomic mass is 79.9. The minimum atomic E-state index is -0.295. The van der Waals surface area contributed by atoms with E-state index in [1.54, 1.807) is 4.90 Å². The molecule has 1 aliphatic rings. The summed E-state index contributed by atoms with van der Waals surface area (Å²) in [5.74, 6) is -0.114. The number of nitrogens with zero attached hydrogens (tertiary/aromatic N) is 3. The molecule has 0 bridgehead atoms. The van der Waals surface area contributed by atoms with E-state index in [1.165, 1.54) is 12.1 Å². The maximum Gasteiger partial charge on any atom is 0.274 e. The van der Waals surface area contributed by atoms with Crippen LogP contribution in [0.25, 0.3) is 0 Å². The van der Waals surface area contributed by atoms with Gasteiger partial charge in [-0.1, -0.05) is 15.9 Å². The first-order chi connectivity index (χ1) is 9.20. The van der Waals surface area contributed by atoms with Crippen molar-refractivity contribution in [2.75, 3.05) is 38.1 Å². The molecular formula is C12H17BrN4O2. The number of halogens is 1. The van der Waals surface area contributed by atoms with E-state index < -0.39 is 0 Å². The Kier molecular flexibility index (Phi) is 5.09. The molecule has 1 saturated heterocycles. The quantitative estimate of drug-likeness (QED) is 0.811. The molecule has 1 N–H and O–H groups in total. The van der Waals surface area contributed by atoms with Gasteiger partial charge >= 0.3 is 0 Å². The van der Waals surface area contributed by atoms with Crippen molar-refractivity contribution in [1.82, 2.24) is 20.0 Å². The summed E-state index contributed by atoms with van der Waals surface area (Å²) in [5.41, 5.74) is 0.00412. The van der Waals surface area contributed by atoms with Crippen molar-refractivity contribution in [3.8, 4) is 0 Å². The molecule has 2 rings (SSSR count). The summed E-state index contributed by atoms with van der Waals surface area (Å²) < 4.78 is 0. The zero-order valence-corrected chi connectivity index (χ0v) is 12.2. The number of aromatic amines is 1. The van der Waals surface area contributed by atoms with Crippen molar-refractivity contribution in [3.05, 3.63) is 28.2 Å². The van der Waals surface area contributed by atoms with Gasteiger partial charge in [-0.25, -0.2) is 5.10 Å². The first-order valence-electron chi connectivity index (χ1n) is 6.34. The molecule has 0 saturated carbocycles. The predicted octanol–water partition coefficient (Wildman–Crippen LogP) is 0.313. The summed E-state index contributed by atoms with van der Waals surface area (Å²) in [7, 11) is 0. The van der Waals surface area contributed by atoms with Crippen LogP contribution in [0.15, 0.2) is 16.9 Å². The van der Waals surface area contributed by atoms with E-state index >= 15 is 0 Å². The normalized spacial score (nSPS) is 17.2. The molecule has 7 heteroatoms. The number of hydrogen-bond donors (Lipinski definition) is 1. The van der Waals surface area contributed by atoms with E-state index in [0.29, 0.717) is 12.2 Å². The highest BCUT2D eigenvalue weighted by Crippen LogP contribution is 2.07. The molecule has 1 aromatic heterocycles. The van der Waals surface area contributed by atoms with E-state index in [9.17, 15) is 9.59 Å². The molecule has 0 aliphatic carbocycles. The first kappa shape index (κ1) is 14.2. The lowest BCUT2D eigenvalue weighted by atomic mass is 10.3. The molecule has 1 aliphatic heterocycles. The minimum absolute atomic E-state index is 0.114. The Bertz CT molecular complexity index is 470. The zero-order chi connectivity index (χ0) is 13.7. The van der Waals surface area contributed by atoms with Crippen LogP contribution in [0.4, 0.5) is 0 Å². The zero-order valence-electron chi connectivity index (χ0n) is 10.6. The summed E-state index contributed by atoms with van der Waals surface area (Å²) in [6.45, 7) is 4.32. The highest BCUT2D eigenvalue weighted by molar-refractivity contribution is 9.09. The van der Waals surface area contributed by atoms with Gasteiger partial charge in [-0.3, -0.25) is 9.59 Å². The van der Waals surface area contributed by atoms with Gasteiger partial charge in [0, 0.05) is 37.6 Å². The maximum atomic E-state index is 12.2. The van der Waals surface area contributed by atoms with Crippen LogP contribution in [0.1, 0.15) is 16.9 Å². The van der Waals surface area contributed by atoms with E-state index in [2.05, 4.69) is 31.0 Å². The molecule has 19 heavy (non-hydrogen) atoms. The summed E-state index contributed by atoms with van der Waals surface area (Å²) >= 11 is 3.43. The van der Waals surface area contributed by atoms with Gasteiger partial charge < -0.3 is 9.80 Å². The van der Waals surface area contributed by atoms with E-state index in [1.807, 2.05) is 0 Å². The van der Waals surface area contributed by atoms with Crippen LogP contribution < -0.4 is 5.56 Å². The monoisotopic (exact) mass is 328 g/mol. The number of amides is 1. The van der Waals surface area contributed by atoms with Crippen LogP contribution in [-0.4, -0.2) is 64.0 Å². The van der Waals surface area contributed by atoms with Gasteiger partial charge in [0.1, 0.15) is 5.69 Å². The Labute approximate surface area is 119 Å². The lowest BCUT2D eigenvalue weighted by Gasteiger charge is -2.21. The van der Waals surface area contributed by atoms with Crippen LogP contribution in [0.2, 0.25) is 0 Å². The first-order valence-corrected chi connectivity index (χ1v) is 7.46. The number of carbonyl (C=O) groups excluding carboxylic acids is 1. The molecule has 1 fully saturated rings. The fourth-order valence-electron chi connectivity index (χ4n) is 2.14. The summed E-state index contributed by atoms with van der Waals surface area (Å²) in [4.78, 5) is 27.3. The third-order valence-electron chi connectivity index (χ3n) is 3.17. The summed E-state index contributed by atoms with van der Waals surface area (Å²) in [6.07, 6.45) is 0.960. The fraction of sp³-hybridized carbons (Fsp3) is 0.583. The Hall–Kier alpha value is -1.21. The van der Waals surface area contributed by atoms with Gasteiger partial charge in [0.15, 0.2) is 0 Å². The lowest BCUT2D eigenvalue weighted by Crippen LogP contribution is -2.36. The fourth-order valence-corrected chi connectivity index (χ4v) is 2.64.